The van der Waals surface area contributed by atoms with Gasteiger partial charge in [-0.2, -0.15) is 0 Å². The van der Waals surface area contributed by atoms with Crippen molar-refractivity contribution in [3.8, 4) is 0 Å². The number of rotatable bonds is 3. The zero-order valence-corrected chi connectivity index (χ0v) is 23.8. The lowest BCUT2D eigenvalue weighted by Gasteiger charge is -2.46. The molecule has 5 rings (SSSR count). The number of ether oxygens (including phenoxy) is 1. The first-order chi connectivity index (χ1) is 17.9. The predicted molar refractivity (Wildman–Crippen MR) is 150 cm³/mol. The second-order valence-corrected chi connectivity index (χ2v) is 10.8. The molecule has 37 heavy (non-hydrogen) atoms. The number of allylic oxidation sites excluding steroid dienone is 1. The van der Waals surface area contributed by atoms with E-state index in [1.165, 1.54) is 52.1 Å². The molecule has 2 unspecified atom stereocenters. The van der Waals surface area contributed by atoms with Gasteiger partial charge in [0.15, 0.2) is 0 Å². The molecule has 5 fully saturated rings. The van der Waals surface area contributed by atoms with E-state index in [4.69, 9.17) is 5.73 Å². The van der Waals surface area contributed by atoms with Crippen LogP contribution in [0.15, 0.2) is 12.2 Å². The summed E-state index contributed by atoms with van der Waals surface area (Å²) in [4.78, 5) is 26.1. The first-order valence-electron chi connectivity index (χ1n) is 14.5. The smallest absolute Gasteiger partial charge is 0.330 e. The number of nitrogens with one attached hydrogen (secondary N) is 3. The van der Waals surface area contributed by atoms with E-state index in [-0.39, 0.29) is 5.97 Å². The van der Waals surface area contributed by atoms with Crippen LogP contribution in [0.4, 0.5) is 0 Å². The number of hydrogen-bond acceptors (Lipinski definition) is 8. The van der Waals surface area contributed by atoms with Crippen LogP contribution in [-0.2, 0) is 14.3 Å². The Balaban J connectivity index is 0.000000179. The molecule has 0 spiro atoms. The van der Waals surface area contributed by atoms with Crippen LogP contribution in [-0.4, -0.2) is 105 Å². The number of β-lactam (4-membered cyclic amide) rings is 1. The number of likely N-dealkylation sites (tertiary alicyclic amines) is 2. The minimum absolute atomic E-state index is 0.303. The molecule has 0 aliphatic carbocycles. The molecule has 0 aromatic heterocycles. The van der Waals surface area contributed by atoms with Gasteiger partial charge in [-0.25, -0.2) is 4.79 Å². The summed E-state index contributed by atoms with van der Waals surface area (Å²) in [5, 5.41) is 9.95. The standard InChI is InChI=1S/C9H16N2O.C9H18N2.C5H12N2.C5H8O2/c1-7-6-9(12)11(7)8-2-4-10-5-3-8;1-8-4-7-11(8)9-2-5-10-6-3-9;6-5-1-3-7-4-2-5;1-3-4-5(6)7-2/h7-8,10H,2-6H2,1H3;8-10H,2-7H2,1H3;5,7H,1-4,6H2;3-4H,1-2H3/b;;;4-3+. The Kier molecular flexibility index (Phi) is 15.3. The van der Waals surface area contributed by atoms with Gasteiger partial charge in [0.25, 0.3) is 0 Å². The van der Waals surface area contributed by atoms with E-state index in [2.05, 4.69) is 44.3 Å². The Morgan fingerprint density at radius 3 is 1.68 bits per heavy atom. The second kappa shape index (κ2) is 17.9. The third-order valence-corrected chi connectivity index (χ3v) is 7.97. The Morgan fingerprint density at radius 1 is 0.865 bits per heavy atom. The summed E-state index contributed by atoms with van der Waals surface area (Å²) in [5.74, 6) is 0.0527. The Labute approximate surface area is 225 Å². The Morgan fingerprint density at radius 2 is 1.38 bits per heavy atom. The molecule has 9 heteroatoms. The number of methoxy groups -OCH3 is 1. The largest absolute Gasteiger partial charge is 0.466 e. The van der Waals surface area contributed by atoms with E-state index in [0.29, 0.717) is 24.0 Å². The van der Waals surface area contributed by atoms with Gasteiger partial charge in [-0.05, 0) is 105 Å². The zero-order chi connectivity index (χ0) is 27.0. The van der Waals surface area contributed by atoms with Crippen molar-refractivity contribution in [1.29, 1.82) is 0 Å². The lowest BCUT2D eigenvalue weighted by molar-refractivity contribution is -0.149. The van der Waals surface area contributed by atoms with Crippen molar-refractivity contribution in [1.82, 2.24) is 25.8 Å². The molecule has 5 saturated heterocycles. The summed E-state index contributed by atoms with van der Waals surface area (Å²) in [5.41, 5.74) is 5.59. The third kappa shape index (κ3) is 11.4. The number of carbonyl (C=O) groups excluding carboxylic acids is 2. The molecule has 0 aromatic carbocycles. The fourth-order valence-corrected chi connectivity index (χ4v) is 5.50. The fraction of sp³-hybridized carbons (Fsp3) is 0.857. The lowest BCUT2D eigenvalue weighted by atomic mass is 9.95. The van der Waals surface area contributed by atoms with Gasteiger partial charge in [0, 0.05) is 49.3 Å². The molecule has 0 aromatic rings. The number of piperidine rings is 3. The maximum Gasteiger partial charge on any atom is 0.330 e. The lowest BCUT2D eigenvalue weighted by Crippen LogP contribution is -2.58. The molecule has 0 bridgehead atoms. The molecule has 1 amide bonds. The van der Waals surface area contributed by atoms with Crippen molar-refractivity contribution in [3.05, 3.63) is 12.2 Å². The van der Waals surface area contributed by atoms with Crippen molar-refractivity contribution in [2.24, 2.45) is 5.73 Å². The highest BCUT2D eigenvalue weighted by atomic mass is 16.5. The van der Waals surface area contributed by atoms with Crippen LogP contribution in [0.2, 0.25) is 0 Å². The average molecular weight is 523 g/mol. The number of amides is 1. The van der Waals surface area contributed by atoms with E-state index in [9.17, 15) is 9.59 Å². The molecular formula is C28H54N6O3. The maximum absolute atomic E-state index is 11.2. The van der Waals surface area contributed by atoms with Gasteiger partial charge in [-0.15, -0.1) is 0 Å². The molecule has 9 nitrogen and oxygen atoms in total. The normalized spacial score (nSPS) is 27.4. The van der Waals surface area contributed by atoms with Gasteiger partial charge >= 0.3 is 5.97 Å². The first kappa shape index (κ1) is 31.7. The average Bonchev–Trinajstić information content (AvgIpc) is 2.90. The van der Waals surface area contributed by atoms with E-state index < -0.39 is 0 Å². The van der Waals surface area contributed by atoms with Gasteiger partial charge in [0.05, 0.1) is 7.11 Å². The van der Waals surface area contributed by atoms with Gasteiger partial charge < -0.3 is 31.3 Å². The topological polar surface area (TPSA) is 112 Å². The van der Waals surface area contributed by atoms with Crippen LogP contribution in [0.3, 0.4) is 0 Å². The summed E-state index contributed by atoms with van der Waals surface area (Å²) < 4.78 is 4.26. The van der Waals surface area contributed by atoms with E-state index in [0.717, 1.165) is 70.4 Å². The molecular weight excluding hydrogens is 468 g/mol. The Bertz CT molecular complexity index is 673. The van der Waals surface area contributed by atoms with Crippen LogP contribution >= 0.6 is 0 Å². The number of esters is 1. The van der Waals surface area contributed by atoms with Crippen LogP contribution in [0.1, 0.15) is 72.1 Å². The molecule has 5 aliphatic heterocycles. The maximum atomic E-state index is 11.2. The van der Waals surface area contributed by atoms with Gasteiger partial charge in [-0.1, -0.05) is 6.08 Å². The molecule has 0 radical (unpaired) electrons. The first-order valence-corrected chi connectivity index (χ1v) is 14.5. The highest BCUT2D eigenvalue weighted by Gasteiger charge is 2.37. The van der Waals surface area contributed by atoms with Crippen LogP contribution in [0, 0.1) is 0 Å². The summed E-state index contributed by atoms with van der Waals surface area (Å²) >= 11 is 0. The minimum Gasteiger partial charge on any atom is -0.466 e. The molecule has 5 heterocycles. The quantitative estimate of drug-likeness (QED) is 0.251. The van der Waals surface area contributed by atoms with E-state index >= 15 is 0 Å². The van der Waals surface area contributed by atoms with Crippen molar-refractivity contribution < 1.29 is 14.3 Å². The number of nitrogens with zero attached hydrogens (tertiary/aromatic N) is 2. The molecule has 5 aliphatic rings. The summed E-state index contributed by atoms with van der Waals surface area (Å²) in [6, 6.07) is 3.28. The Hall–Kier alpha value is -1.52. The SMILES string of the molecule is C/C=C/C(=O)OC.CC1CC(=O)N1C1CCNCC1.CC1CCN1C1CCNCC1.NC1CCNCC1. The summed E-state index contributed by atoms with van der Waals surface area (Å²) in [6.07, 6.45) is 12.5. The molecule has 0 saturated carbocycles. The van der Waals surface area contributed by atoms with Crippen LogP contribution in [0.5, 0.6) is 0 Å². The molecule has 2 atom stereocenters. The predicted octanol–water partition coefficient (Wildman–Crippen LogP) is 1.62. The number of hydrogen-bond donors (Lipinski definition) is 4. The summed E-state index contributed by atoms with van der Waals surface area (Å²) in [7, 11) is 1.35. The van der Waals surface area contributed by atoms with Crippen molar-refractivity contribution >= 4 is 11.9 Å². The number of nitrogens with two attached hydrogens (primary N) is 1. The highest BCUT2D eigenvalue weighted by molar-refractivity contribution is 5.83. The monoisotopic (exact) mass is 522 g/mol. The van der Waals surface area contributed by atoms with Crippen molar-refractivity contribution in [2.45, 2.75) is 102 Å². The minimum atomic E-state index is -0.303. The second-order valence-electron chi connectivity index (χ2n) is 10.8. The molecule has 5 N–H and O–H groups in total. The zero-order valence-electron chi connectivity index (χ0n) is 23.8. The molecule has 214 valence electrons. The third-order valence-electron chi connectivity index (χ3n) is 7.97. The van der Waals surface area contributed by atoms with Gasteiger partial charge in [-0.3, -0.25) is 9.69 Å². The van der Waals surface area contributed by atoms with E-state index in [1.54, 1.807) is 13.0 Å². The number of carbonyl (C=O) groups is 2. The van der Waals surface area contributed by atoms with Gasteiger partial charge in [0.1, 0.15) is 0 Å². The van der Waals surface area contributed by atoms with Crippen molar-refractivity contribution in [3.63, 3.8) is 0 Å². The van der Waals surface area contributed by atoms with Crippen LogP contribution < -0.4 is 21.7 Å². The fourth-order valence-electron chi connectivity index (χ4n) is 5.50. The van der Waals surface area contributed by atoms with E-state index in [1.807, 2.05) is 0 Å². The van der Waals surface area contributed by atoms with Crippen molar-refractivity contribution in [2.75, 3.05) is 52.9 Å². The highest BCUT2D eigenvalue weighted by Crippen LogP contribution is 2.26. The summed E-state index contributed by atoms with van der Waals surface area (Å²) in [6.45, 7) is 14.4. The van der Waals surface area contributed by atoms with Crippen LogP contribution in [0.25, 0.3) is 0 Å². The van der Waals surface area contributed by atoms with Gasteiger partial charge in [0.2, 0.25) is 5.91 Å².